The van der Waals surface area contributed by atoms with E-state index in [1.54, 1.807) is 23.9 Å². The molecule has 0 aromatic heterocycles. The van der Waals surface area contributed by atoms with Crippen LogP contribution in [0, 0.1) is 5.82 Å². The van der Waals surface area contributed by atoms with Crippen molar-refractivity contribution in [3.8, 4) is 11.1 Å². The third-order valence-corrected chi connectivity index (χ3v) is 7.51. The first kappa shape index (κ1) is 16.6. The zero-order valence-corrected chi connectivity index (χ0v) is 17.1. The van der Waals surface area contributed by atoms with Crippen molar-refractivity contribution in [1.82, 2.24) is 0 Å². The van der Waals surface area contributed by atoms with Gasteiger partial charge in [0.15, 0.2) is 0 Å². The van der Waals surface area contributed by atoms with E-state index < -0.39 is 5.41 Å². The number of rotatable bonds is 0. The van der Waals surface area contributed by atoms with Crippen LogP contribution in [-0.2, 0) is 5.41 Å². The number of benzene rings is 4. The maximum absolute atomic E-state index is 14.5. The Kier molecular flexibility index (Phi) is 3.45. The van der Waals surface area contributed by atoms with Crippen molar-refractivity contribution in [2.24, 2.45) is 0 Å². The normalized spacial score (nSPS) is 18.4. The topological polar surface area (TPSA) is 0 Å². The largest absolute Gasteiger partial charge is 0.207 e. The Bertz CT molecular complexity index is 1280. The molecule has 4 aromatic carbocycles. The van der Waals surface area contributed by atoms with Gasteiger partial charge in [-0.2, -0.15) is 0 Å². The molecule has 6 rings (SSSR count). The van der Waals surface area contributed by atoms with Crippen LogP contribution < -0.4 is 0 Å². The Morgan fingerprint density at radius 3 is 2.25 bits per heavy atom. The van der Waals surface area contributed by atoms with Gasteiger partial charge in [0.05, 0.1) is 5.41 Å². The zero-order valence-electron chi connectivity index (χ0n) is 14.7. The molecule has 0 fully saturated rings. The van der Waals surface area contributed by atoms with E-state index in [1.165, 1.54) is 32.7 Å². The molecule has 28 heavy (non-hydrogen) atoms. The summed E-state index contributed by atoms with van der Waals surface area (Å²) in [7, 11) is 0. The Morgan fingerprint density at radius 2 is 1.36 bits per heavy atom. The van der Waals surface area contributed by atoms with Crippen LogP contribution in [0.3, 0.4) is 0 Å². The first-order chi connectivity index (χ1) is 13.7. The van der Waals surface area contributed by atoms with Gasteiger partial charge in [0.1, 0.15) is 5.82 Å². The summed E-state index contributed by atoms with van der Waals surface area (Å²) in [5.41, 5.74) is 6.64. The molecule has 1 aliphatic heterocycles. The number of halogens is 2. The summed E-state index contributed by atoms with van der Waals surface area (Å²) in [6.07, 6.45) is 0. The van der Waals surface area contributed by atoms with Crippen molar-refractivity contribution in [3.05, 3.63) is 117 Å². The van der Waals surface area contributed by atoms with E-state index in [0.717, 1.165) is 14.9 Å². The van der Waals surface area contributed by atoms with Gasteiger partial charge in [-0.25, -0.2) is 4.39 Å². The Morgan fingerprint density at radius 1 is 0.643 bits per heavy atom. The average Bonchev–Trinajstić information content (AvgIpc) is 3.00. The molecule has 134 valence electrons. The molecule has 0 saturated heterocycles. The summed E-state index contributed by atoms with van der Waals surface area (Å²) in [4.78, 5) is 2.35. The summed E-state index contributed by atoms with van der Waals surface area (Å²) in [6.45, 7) is 0. The fourth-order valence-electron chi connectivity index (χ4n) is 4.85. The standard InChI is InChI=1S/C25H14BrFS/c26-15-9-11-20-18(13-15)17-5-1-2-6-19(17)25(20)21-7-3-4-8-23(21)28-24-12-10-16(27)14-22(24)25/h1-14H. The van der Waals surface area contributed by atoms with Crippen LogP contribution in [0.2, 0.25) is 0 Å². The number of hydrogen-bond donors (Lipinski definition) is 0. The second-order valence-electron chi connectivity index (χ2n) is 7.22. The number of fused-ring (bicyclic) bond motifs is 9. The minimum absolute atomic E-state index is 0.193. The maximum Gasteiger partial charge on any atom is 0.123 e. The predicted octanol–water partition coefficient (Wildman–Crippen LogP) is 7.42. The van der Waals surface area contributed by atoms with Crippen LogP contribution in [-0.4, -0.2) is 0 Å². The molecular weight excluding hydrogens is 431 g/mol. The van der Waals surface area contributed by atoms with Gasteiger partial charge in [0, 0.05) is 14.3 Å². The molecule has 1 spiro atoms. The zero-order chi connectivity index (χ0) is 18.9. The van der Waals surface area contributed by atoms with Crippen molar-refractivity contribution in [3.63, 3.8) is 0 Å². The molecule has 2 aliphatic rings. The van der Waals surface area contributed by atoms with E-state index in [4.69, 9.17) is 0 Å². The summed E-state index contributed by atoms with van der Waals surface area (Å²) in [5, 5.41) is 0. The van der Waals surface area contributed by atoms with Crippen molar-refractivity contribution < 1.29 is 4.39 Å². The SMILES string of the molecule is Fc1ccc2c(c1)C1(c3ccccc3S2)c2ccccc2-c2cc(Br)ccc21. The molecule has 0 saturated carbocycles. The lowest BCUT2D eigenvalue weighted by Gasteiger charge is -2.39. The van der Waals surface area contributed by atoms with Crippen molar-refractivity contribution in [1.29, 1.82) is 0 Å². The van der Waals surface area contributed by atoms with E-state index >= 15 is 0 Å². The lowest BCUT2D eigenvalue weighted by atomic mass is 9.67. The van der Waals surface area contributed by atoms with Crippen molar-refractivity contribution in [2.75, 3.05) is 0 Å². The molecule has 0 bridgehead atoms. The quantitative estimate of drug-likeness (QED) is 0.235. The fraction of sp³-hybridized carbons (Fsp3) is 0.0400. The summed E-state index contributed by atoms with van der Waals surface area (Å²) < 4.78 is 15.6. The fourth-order valence-corrected chi connectivity index (χ4v) is 6.38. The molecule has 0 N–H and O–H groups in total. The Balaban J connectivity index is 1.86. The molecule has 4 aromatic rings. The van der Waals surface area contributed by atoms with Gasteiger partial charge in [0.2, 0.25) is 0 Å². The van der Waals surface area contributed by atoms with Crippen molar-refractivity contribution >= 4 is 27.7 Å². The van der Waals surface area contributed by atoms with Crippen LogP contribution in [0.1, 0.15) is 22.3 Å². The van der Waals surface area contributed by atoms with Gasteiger partial charge >= 0.3 is 0 Å². The second kappa shape index (κ2) is 5.82. The molecule has 1 unspecified atom stereocenters. The monoisotopic (exact) mass is 444 g/mol. The van der Waals surface area contributed by atoms with E-state index in [1.807, 2.05) is 6.07 Å². The lowest BCUT2D eigenvalue weighted by molar-refractivity contribution is 0.614. The van der Waals surface area contributed by atoms with Gasteiger partial charge in [-0.1, -0.05) is 76.2 Å². The molecule has 3 heteroatoms. The second-order valence-corrected chi connectivity index (χ2v) is 9.22. The first-order valence-electron chi connectivity index (χ1n) is 9.17. The van der Waals surface area contributed by atoms with Crippen molar-refractivity contribution in [2.45, 2.75) is 15.2 Å². The van der Waals surface area contributed by atoms with Crippen LogP contribution in [0.15, 0.2) is 99.2 Å². The van der Waals surface area contributed by atoms with Crippen LogP contribution in [0.5, 0.6) is 0 Å². The Hall–Kier alpha value is -2.36. The highest BCUT2D eigenvalue weighted by Crippen LogP contribution is 2.62. The highest BCUT2D eigenvalue weighted by Gasteiger charge is 2.50. The van der Waals surface area contributed by atoms with Crippen LogP contribution >= 0.6 is 27.7 Å². The first-order valence-corrected chi connectivity index (χ1v) is 10.8. The summed E-state index contributed by atoms with van der Waals surface area (Å²) in [5.74, 6) is -0.193. The highest BCUT2D eigenvalue weighted by molar-refractivity contribution is 9.10. The van der Waals surface area contributed by atoms with Gasteiger partial charge in [-0.15, -0.1) is 0 Å². The molecule has 0 nitrogen and oxygen atoms in total. The van der Waals surface area contributed by atoms with E-state index in [0.29, 0.717) is 0 Å². The predicted molar refractivity (Wildman–Crippen MR) is 116 cm³/mol. The highest BCUT2D eigenvalue weighted by atomic mass is 79.9. The third-order valence-electron chi connectivity index (χ3n) is 5.86. The molecule has 1 heterocycles. The average molecular weight is 445 g/mol. The smallest absolute Gasteiger partial charge is 0.123 e. The van der Waals surface area contributed by atoms with Crippen LogP contribution in [0.25, 0.3) is 11.1 Å². The van der Waals surface area contributed by atoms with E-state index in [-0.39, 0.29) is 5.82 Å². The van der Waals surface area contributed by atoms with Gasteiger partial charge in [-0.3, -0.25) is 0 Å². The third kappa shape index (κ3) is 2.01. The van der Waals surface area contributed by atoms with Gasteiger partial charge in [0.25, 0.3) is 0 Å². The van der Waals surface area contributed by atoms with Gasteiger partial charge < -0.3 is 0 Å². The van der Waals surface area contributed by atoms with E-state index in [2.05, 4.69) is 82.7 Å². The van der Waals surface area contributed by atoms with Gasteiger partial charge in [-0.05, 0) is 69.8 Å². The number of hydrogen-bond acceptors (Lipinski definition) is 1. The lowest BCUT2D eigenvalue weighted by Crippen LogP contribution is -2.32. The molecule has 1 aliphatic carbocycles. The summed E-state index contributed by atoms with van der Waals surface area (Å²) in [6, 6.07) is 28.8. The molecule has 1 atom stereocenters. The molecule has 0 radical (unpaired) electrons. The molecular formula is C25H14BrFS. The summed E-state index contributed by atoms with van der Waals surface area (Å²) >= 11 is 5.37. The maximum atomic E-state index is 14.5. The minimum atomic E-state index is -0.494. The Labute approximate surface area is 175 Å². The van der Waals surface area contributed by atoms with E-state index in [9.17, 15) is 4.39 Å². The van der Waals surface area contributed by atoms with Crippen LogP contribution in [0.4, 0.5) is 4.39 Å². The molecule has 0 amide bonds. The minimum Gasteiger partial charge on any atom is -0.207 e.